The van der Waals surface area contributed by atoms with E-state index in [0.29, 0.717) is 42.4 Å². The summed E-state index contributed by atoms with van der Waals surface area (Å²) in [6.45, 7) is 6.68. The second-order valence-corrected chi connectivity index (χ2v) is 12.3. The first-order valence-corrected chi connectivity index (χ1v) is 13.4. The number of fused-ring (bicyclic) bond motifs is 2. The highest BCUT2D eigenvalue weighted by molar-refractivity contribution is 7.84. The van der Waals surface area contributed by atoms with Crippen LogP contribution < -0.4 is 14.8 Å². The van der Waals surface area contributed by atoms with Crippen LogP contribution in [0, 0.1) is 0 Å². The summed E-state index contributed by atoms with van der Waals surface area (Å²) in [6.07, 6.45) is 0.423. The van der Waals surface area contributed by atoms with Gasteiger partial charge in [0.05, 0.1) is 16.5 Å². The molecule has 2 atom stereocenters. The minimum absolute atomic E-state index is 0.0477. The second kappa shape index (κ2) is 10.2. The second-order valence-electron chi connectivity index (χ2n) is 10.1. The Bertz CT molecular complexity index is 1340. The molecule has 0 bridgehead atoms. The Hall–Kier alpha value is -3.27. The highest BCUT2D eigenvalue weighted by Crippen LogP contribution is 2.43. The van der Waals surface area contributed by atoms with E-state index < -0.39 is 15.7 Å². The van der Waals surface area contributed by atoms with E-state index in [9.17, 15) is 14.1 Å². The van der Waals surface area contributed by atoms with E-state index in [2.05, 4.69) is 5.32 Å². The van der Waals surface area contributed by atoms with Gasteiger partial charge in [-0.1, -0.05) is 36.4 Å². The molecule has 1 amide bonds. The van der Waals surface area contributed by atoms with Gasteiger partial charge < -0.3 is 19.9 Å². The predicted molar refractivity (Wildman–Crippen MR) is 141 cm³/mol. The van der Waals surface area contributed by atoms with Gasteiger partial charge >= 0.3 is 0 Å². The van der Waals surface area contributed by atoms with Gasteiger partial charge in [-0.05, 0) is 56.5 Å². The number of aliphatic hydroxyl groups is 1. The van der Waals surface area contributed by atoms with Gasteiger partial charge in [0.2, 0.25) is 6.79 Å². The molecule has 2 N–H and O–H groups in total. The molecule has 3 aromatic rings. The molecule has 0 aliphatic carbocycles. The third-order valence-electron chi connectivity index (χ3n) is 6.46. The number of nitrogens with one attached hydrogen (secondary N) is 1. The lowest BCUT2D eigenvalue weighted by Gasteiger charge is -2.30. The molecule has 5 rings (SSSR count). The summed E-state index contributed by atoms with van der Waals surface area (Å²) in [5.41, 5.74) is 4.55. The first kappa shape index (κ1) is 25.4. The maximum atomic E-state index is 13.5. The van der Waals surface area contributed by atoms with Crippen LogP contribution in [0.25, 0.3) is 11.3 Å². The normalized spacial score (nSPS) is 17.5. The number of nitrogens with zero attached hydrogens (tertiary/aromatic N) is 2. The van der Waals surface area contributed by atoms with E-state index in [1.165, 1.54) is 0 Å². The lowest BCUT2D eigenvalue weighted by Crippen LogP contribution is -2.36. The van der Waals surface area contributed by atoms with E-state index in [1.54, 1.807) is 6.07 Å². The molecule has 194 valence electrons. The van der Waals surface area contributed by atoms with Crippen LogP contribution in [0.15, 0.2) is 54.6 Å². The summed E-state index contributed by atoms with van der Waals surface area (Å²) in [6, 6.07) is 16.8. The van der Waals surface area contributed by atoms with Crippen LogP contribution in [0.5, 0.6) is 11.5 Å². The summed E-state index contributed by atoms with van der Waals surface area (Å²) in [7, 11) is -1.31. The zero-order valence-corrected chi connectivity index (χ0v) is 22.0. The molecule has 0 spiro atoms. The molecule has 0 radical (unpaired) electrons. The Morgan fingerprint density at radius 3 is 2.62 bits per heavy atom. The summed E-state index contributed by atoms with van der Waals surface area (Å²) >= 11 is 0. The first-order valence-electron chi connectivity index (χ1n) is 12.3. The molecule has 2 aliphatic rings. The quantitative estimate of drug-likeness (QED) is 0.485. The van der Waals surface area contributed by atoms with Gasteiger partial charge in [0.25, 0.3) is 5.91 Å². The van der Waals surface area contributed by atoms with Gasteiger partial charge in [-0.15, -0.1) is 0 Å². The predicted octanol–water partition coefficient (Wildman–Crippen LogP) is 4.11. The van der Waals surface area contributed by atoms with E-state index in [0.717, 1.165) is 22.3 Å². The Labute approximate surface area is 219 Å². The van der Waals surface area contributed by atoms with Crippen molar-refractivity contribution in [3.63, 3.8) is 0 Å². The third-order valence-corrected chi connectivity index (χ3v) is 8.32. The maximum absolute atomic E-state index is 13.5. The molecule has 2 aromatic carbocycles. The number of pyridine rings is 1. The third kappa shape index (κ3) is 5.12. The zero-order valence-electron chi connectivity index (χ0n) is 21.2. The number of aromatic nitrogens is 1. The average Bonchev–Trinajstić information content (AvgIpc) is 3.50. The summed E-state index contributed by atoms with van der Waals surface area (Å²) in [5, 5.41) is 12.8. The number of ether oxygens (including phenoxy) is 2. The maximum Gasteiger partial charge on any atom is 0.270 e. The van der Waals surface area contributed by atoms with Gasteiger partial charge in [0, 0.05) is 30.8 Å². The van der Waals surface area contributed by atoms with Crippen LogP contribution in [0.1, 0.15) is 60.4 Å². The van der Waals surface area contributed by atoms with Crippen molar-refractivity contribution in [3.8, 4) is 22.8 Å². The van der Waals surface area contributed by atoms with Gasteiger partial charge in [-0.2, -0.15) is 0 Å². The number of hydrogen-bond donors (Lipinski definition) is 2. The van der Waals surface area contributed by atoms with Crippen LogP contribution >= 0.6 is 0 Å². The number of hydrogen-bond acceptors (Lipinski definition) is 6. The minimum atomic E-state index is -1.31. The Balaban J connectivity index is 1.49. The SMILES string of the molecule is CC(C)(C)S(=O)N1Cc2cc(C(=O)NCc3ccc4c(c3)OCO4)nc(-c3ccccc3)c2[C@H]1CCO. The highest BCUT2D eigenvalue weighted by Gasteiger charge is 2.40. The van der Waals surface area contributed by atoms with Gasteiger partial charge in [-0.3, -0.25) is 4.79 Å². The smallest absolute Gasteiger partial charge is 0.270 e. The molecule has 2 aliphatic heterocycles. The van der Waals surface area contributed by atoms with Crippen molar-refractivity contribution in [1.29, 1.82) is 0 Å². The van der Waals surface area contributed by atoms with Gasteiger partial charge in [0.15, 0.2) is 11.5 Å². The fourth-order valence-corrected chi connectivity index (χ4v) is 6.13. The number of aliphatic hydroxyl groups excluding tert-OH is 1. The van der Waals surface area contributed by atoms with Crippen LogP contribution in [0.2, 0.25) is 0 Å². The van der Waals surface area contributed by atoms with Crippen molar-refractivity contribution < 1.29 is 23.6 Å². The number of carbonyl (C=O) groups excluding carboxylic acids is 1. The standard InChI is InChI=1S/C28H31N3O5S/c1-28(2,3)37(34)31-16-20-14-21(27(33)29-15-18-9-10-23-24(13-18)36-17-35-23)30-26(19-7-5-4-6-8-19)25(20)22(31)11-12-32/h4-10,13-14,22,32H,11-12,15-17H2,1-3H3,(H,29,33)/t22-,37?/m1/s1. The molecule has 37 heavy (non-hydrogen) atoms. The van der Waals surface area contributed by atoms with E-state index in [4.69, 9.17) is 14.5 Å². The van der Waals surface area contributed by atoms with Crippen molar-refractivity contribution in [2.75, 3.05) is 13.4 Å². The minimum Gasteiger partial charge on any atom is -0.454 e. The van der Waals surface area contributed by atoms with Crippen molar-refractivity contribution in [3.05, 3.63) is 77.0 Å². The van der Waals surface area contributed by atoms with Gasteiger partial charge in [-0.25, -0.2) is 13.5 Å². The van der Waals surface area contributed by atoms with Crippen LogP contribution in [0.3, 0.4) is 0 Å². The molecule has 0 saturated heterocycles. The van der Waals surface area contributed by atoms with Crippen molar-refractivity contribution in [2.24, 2.45) is 0 Å². The number of benzene rings is 2. The van der Waals surface area contributed by atoms with E-state index >= 15 is 0 Å². The Morgan fingerprint density at radius 1 is 1.14 bits per heavy atom. The molecule has 0 saturated carbocycles. The molecule has 0 fully saturated rings. The molecule has 1 aromatic heterocycles. The van der Waals surface area contributed by atoms with Crippen molar-refractivity contribution in [1.82, 2.24) is 14.6 Å². The Kier molecular flexibility index (Phi) is 7.02. The molecule has 1 unspecified atom stereocenters. The summed E-state index contributed by atoms with van der Waals surface area (Å²) in [4.78, 5) is 18.1. The van der Waals surface area contributed by atoms with E-state index in [1.807, 2.05) is 73.6 Å². The highest BCUT2D eigenvalue weighted by atomic mass is 32.2. The monoisotopic (exact) mass is 521 g/mol. The number of rotatable bonds is 7. The van der Waals surface area contributed by atoms with Crippen LogP contribution in [0.4, 0.5) is 0 Å². The van der Waals surface area contributed by atoms with Crippen LogP contribution in [-0.4, -0.2) is 42.7 Å². The summed E-state index contributed by atoms with van der Waals surface area (Å²) in [5.74, 6) is 1.06. The first-order chi connectivity index (χ1) is 17.8. The average molecular weight is 522 g/mol. The lowest BCUT2D eigenvalue weighted by molar-refractivity contribution is 0.0946. The van der Waals surface area contributed by atoms with Crippen molar-refractivity contribution >= 4 is 16.9 Å². The largest absolute Gasteiger partial charge is 0.454 e. The molecular formula is C28H31N3O5S. The molecule has 8 nitrogen and oxygen atoms in total. The molecular weight excluding hydrogens is 490 g/mol. The fraction of sp³-hybridized carbons (Fsp3) is 0.357. The topological polar surface area (TPSA) is 101 Å². The van der Waals surface area contributed by atoms with Crippen LogP contribution in [-0.2, 0) is 24.1 Å². The van der Waals surface area contributed by atoms with Crippen molar-refractivity contribution in [2.45, 2.75) is 51.1 Å². The molecule has 9 heteroatoms. The fourth-order valence-electron chi connectivity index (χ4n) is 4.73. The Morgan fingerprint density at radius 2 is 1.89 bits per heavy atom. The zero-order chi connectivity index (χ0) is 26.2. The summed E-state index contributed by atoms with van der Waals surface area (Å²) < 4.78 is 25.7. The van der Waals surface area contributed by atoms with E-state index in [-0.39, 0.29) is 25.3 Å². The molecule has 3 heterocycles. The lowest BCUT2D eigenvalue weighted by atomic mass is 9.96. The van der Waals surface area contributed by atoms with Gasteiger partial charge in [0.1, 0.15) is 16.7 Å². The number of carbonyl (C=O) groups is 1. The number of amides is 1.